The van der Waals surface area contributed by atoms with Crippen LogP contribution in [-0.4, -0.2) is 48.1 Å². The molecule has 178 valence electrons. The molecule has 35 heavy (non-hydrogen) atoms. The van der Waals surface area contributed by atoms with Crippen molar-refractivity contribution in [3.63, 3.8) is 0 Å². The predicted molar refractivity (Wildman–Crippen MR) is 132 cm³/mol. The van der Waals surface area contributed by atoms with Gasteiger partial charge in [0.2, 0.25) is 5.88 Å². The van der Waals surface area contributed by atoms with Gasteiger partial charge in [-0.3, -0.25) is 0 Å². The summed E-state index contributed by atoms with van der Waals surface area (Å²) in [6, 6.07) is 8.18. The lowest BCUT2D eigenvalue weighted by atomic mass is 10.1. The second-order valence-corrected chi connectivity index (χ2v) is 8.79. The fourth-order valence-corrected chi connectivity index (χ4v) is 4.36. The summed E-state index contributed by atoms with van der Waals surface area (Å²) < 4.78 is 35.6. The number of fused-ring (bicyclic) bond motifs is 1. The summed E-state index contributed by atoms with van der Waals surface area (Å²) in [7, 11) is 2.05. The zero-order valence-corrected chi connectivity index (χ0v) is 19.5. The number of rotatable bonds is 5. The molecule has 0 unspecified atom stereocenters. The van der Waals surface area contributed by atoms with E-state index in [1.807, 2.05) is 24.9 Å². The maximum atomic E-state index is 15.0. The van der Waals surface area contributed by atoms with Crippen LogP contribution in [0.4, 0.5) is 31.7 Å². The molecular formula is C26H24F2N6O. The van der Waals surface area contributed by atoms with E-state index in [1.54, 1.807) is 18.2 Å². The van der Waals surface area contributed by atoms with Crippen molar-refractivity contribution in [3.8, 4) is 11.6 Å². The van der Waals surface area contributed by atoms with Crippen molar-refractivity contribution in [2.45, 2.75) is 13.3 Å². The summed E-state index contributed by atoms with van der Waals surface area (Å²) >= 11 is 0. The van der Waals surface area contributed by atoms with Gasteiger partial charge in [0.25, 0.3) is 5.69 Å². The predicted octanol–water partition coefficient (Wildman–Crippen LogP) is 5.55. The topological polar surface area (TPSA) is 57.9 Å². The van der Waals surface area contributed by atoms with Gasteiger partial charge in [0, 0.05) is 37.4 Å². The first-order valence-electron chi connectivity index (χ1n) is 11.3. The molecule has 2 aliphatic rings. The molecule has 2 heterocycles. The van der Waals surface area contributed by atoms with Gasteiger partial charge in [-0.15, -0.1) is 0 Å². The van der Waals surface area contributed by atoms with Gasteiger partial charge in [0.05, 0.1) is 12.3 Å². The summed E-state index contributed by atoms with van der Waals surface area (Å²) in [4.78, 5) is 15.9. The lowest BCUT2D eigenvalue weighted by molar-refractivity contribution is 0.311. The summed E-state index contributed by atoms with van der Waals surface area (Å²) in [6.45, 7) is 12.8. The van der Waals surface area contributed by atoms with E-state index in [0.29, 0.717) is 23.4 Å². The third-order valence-electron chi connectivity index (χ3n) is 6.26. The van der Waals surface area contributed by atoms with Crippen LogP contribution >= 0.6 is 0 Å². The van der Waals surface area contributed by atoms with Gasteiger partial charge >= 0.3 is 0 Å². The molecule has 2 aromatic carbocycles. The monoisotopic (exact) mass is 474 g/mol. The molecule has 0 radical (unpaired) electrons. The normalized spacial score (nSPS) is 15.4. The molecule has 1 aromatic heterocycles. The average molecular weight is 475 g/mol. The number of piperazine rings is 1. The van der Waals surface area contributed by atoms with Crippen molar-refractivity contribution >= 4 is 29.0 Å². The van der Waals surface area contributed by atoms with Gasteiger partial charge < -0.3 is 19.9 Å². The molecule has 0 bridgehead atoms. The number of aromatic nitrogens is 2. The SMILES string of the molecule is [C-]#[N+]c1c(Nc2ccc(N3CCN(C)CC3)c(F)c2)ncnc1Oc1ccc2c(c1F)C=C(C)C2. The van der Waals surface area contributed by atoms with E-state index in [2.05, 4.69) is 25.0 Å². The van der Waals surface area contributed by atoms with Crippen molar-refractivity contribution < 1.29 is 13.5 Å². The zero-order valence-electron chi connectivity index (χ0n) is 19.5. The average Bonchev–Trinajstić information content (AvgIpc) is 3.23. The fourth-order valence-electron chi connectivity index (χ4n) is 4.36. The van der Waals surface area contributed by atoms with Crippen LogP contribution in [-0.2, 0) is 6.42 Å². The van der Waals surface area contributed by atoms with E-state index in [4.69, 9.17) is 11.3 Å². The fraction of sp³-hybridized carbons (Fsp3) is 0.269. The number of likely N-dealkylation sites (N-methyl/N-ethyl adjacent to an activating group) is 1. The van der Waals surface area contributed by atoms with E-state index < -0.39 is 5.82 Å². The molecule has 1 saturated heterocycles. The number of benzene rings is 2. The molecule has 1 fully saturated rings. The van der Waals surface area contributed by atoms with Gasteiger partial charge in [-0.2, -0.15) is 0 Å². The third kappa shape index (κ3) is 4.53. The van der Waals surface area contributed by atoms with Crippen LogP contribution in [0.25, 0.3) is 10.9 Å². The molecule has 0 atom stereocenters. The number of allylic oxidation sites excluding steroid dienone is 1. The quantitative estimate of drug-likeness (QED) is 0.489. The Kier molecular flexibility index (Phi) is 6.05. The molecule has 1 aliphatic carbocycles. The van der Waals surface area contributed by atoms with Crippen molar-refractivity contribution in [1.82, 2.24) is 14.9 Å². The molecule has 3 aromatic rings. The van der Waals surface area contributed by atoms with Gasteiger partial charge in [0.1, 0.15) is 18.0 Å². The minimum Gasteiger partial charge on any atom is -0.446 e. The second-order valence-electron chi connectivity index (χ2n) is 8.79. The van der Waals surface area contributed by atoms with E-state index in [1.165, 1.54) is 18.5 Å². The Labute approximate surface area is 202 Å². The van der Waals surface area contributed by atoms with Crippen LogP contribution in [0.3, 0.4) is 0 Å². The second kappa shape index (κ2) is 9.31. The summed E-state index contributed by atoms with van der Waals surface area (Å²) in [5.74, 6) is -0.812. The van der Waals surface area contributed by atoms with Gasteiger partial charge in [-0.05, 0) is 50.2 Å². The highest BCUT2D eigenvalue weighted by Gasteiger charge is 2.22. The van der Waals surface area contributed by atoms with E-state index in [0.717, 1.165) is 37.3 Å². The molecule has 0 saturated carbocycles. The number of halogens is 2. The standard InChI is InChI=1S/C26H24F2N6O/c1-16-12-17-4-7-22(23(28)19(17)13-16)35-26-24(29-2)25(30-15-31-26)32-18-5-6-21(20(27)14-18)34-10-8-33(3)9-11-34/h4-7,13-15H,8-12H2,1,3H3,(H,30,31,32). The highest BCUT2D eigenvalue weighted by Crippen LogP contribution is 2.39. The molecule has 0 amide bonds. The molecular weight excluding hydrogens is 450 g/mol. The van der Waals surface area contributed by atoms with Gasteiger partial charge in [-0.25, -0.2) is 23.6 Å². The molecule has 1 N–H and O–H groups in total. The largest absolute Gasteiger partial charge is 0.446 e. The number of ether oxygens (including phenoxy) is 1. The first-order chi connectivity index (χ1) is 16.9. The zero-order chi connectivity index (χ0) is 24.5. The molecule has 1 aliphatic heterocycles. The van der Waals surface area contributed by atoms with Crippen LogP contribution in [0.15, 0.2) is 42.2 Å². The first-order valence-corrected chi connectivity index (χ1v) is 11.3. The number of nitrogens with zero attached hydrogens (tertiary/aromatic N) is 5. The van der Waals surface area contributed by atoms with Crippen LogP contribution < -0.4 is 15.0 Å². The lowest BCUT2D eigenvalue weighted by Crippen LogP contribution is -2.44. The van der Waals surface area contributed by atoms with Crippen LogP contribution in [0.5, 0.6) is 11.6 Å². The Balaban J connectivity index is 1.38. The first kappa shape index (κ1) is 22.7. The maximum Gasteiger partial charge on any atom is 0.288 e. The molecule has 7 nitrogen and oxygen atoms in total. The number of hydrogen-bond donors (Lipinski definition) is 1. The van der Waals surface area contributed by atoms with Crippen molar-refractivity contribution in [2.24, 2.45) is 0 Å². The Morgan fingerprint density at radius 3 is 2.63 bits per heavy atom. The summed E-state index contributed by atoms with van der Waals surface area (Å²) in [6.07, 6.45) is 3.71. The molecule has 0 spiro atoms. The smallest absolute Gasteiger partial charge is 0.288 e. The maximum absolute atomic E-state index is 15.0. The number of hydrogen-bond acceptors (Lipinski definition) is 6. The Morgan fingerprint density at radius 2 is 1.89 bits per heavy atom. The van der Waals surface area contributed by atoms with E-state index >= 15 is 4.39 Å². The minimum atomic E-state index is -0.495. The van der Waals surface area contributed by atoms with Crippen LogP contribution in [0.1, 0.15) is 18.1 Å². The van der Waals surface area contributed by atoms with Crippen molar-refractivity contribution in [2.75, 3.05) is 43.4 Å². The molecule has 5 rings (SSSR count). The Bertz CT molecular complexity index is 1360. The third-order valence-corrected chi connectivity index (χ3v) is 6.26. The van der Waals surface area contributed by atoms with Gasteiger partial charge in [0.15, 0.2) is 11.6 Å². The van der Waals surface area contributed by atoms with E-state index in [9.17, 15) is 4.39 Å². The Morgan fingerprint density at radius 1 is 1.09 bits per heavy atom. The Hall–Kier alpha value is -4.03. The number of anilines is 3. The summed E-state index contributed by atoms with van der Waals surface area (Å²) in [5.41, 5.74) is 3.40. The number of nitrogens with one attached hydrogen (secondary N) is 1. The van der Waals surface area contributed by atoms with Crippen LogP contribution in [0.2, 0.25) is 0 Å². The van der Waals surface area contributed by atoms with E-state index in [-0.39, 0.29) is 29.0 Å². The highest BCUT2D eigenvalue weighted by atomic mass is 19.1. The molecule has 9 heteroatoms. The van der Waals surface area contributed by atoms with Crippen molar-refractivity contribution in [3.05, 3.63) is 76.4 Å². The lowest BCUT2D eigenvalue weighted by Gasteiger charge is -2.34. The highest BCUT2D eigenvalue weighted by molar-refractivity contribution is 5.76. The summed E-state index contributed by atoms with van der Waals surface area (Å²) in [5, 5.41) is 2.97. The van der Waals surface area contributed by atoms with Crippen LogP contribution in [0, 0.1) is 18.2 Å². The van der Waals surface area contributed by atoms with Gasteiger partial charge in [-0.1, -0.05) is 17.7 Å². The minimum absolute atomic E-state index is 0.0215. The van der Waals surface area contributed by atoms with Crippen molar-refractivity contribution in [1.29, 1.82) is 0 Å².